The summed E-state index contributed by atoms with van der Waals surface area (Å²) in [6.07, 6.45) is 0. The smallest absolute Gasteiger partial charge is 0.261 e. The van der Waals surface area contributed by atoms with Crippen LogP contribution in [0.5, 0.6) is 0 Å². The van der Waals surface area contributed by atoms with Gasteiger partial charge >= 0.3 is 0 Å². The van der Waals surface area contributed by atoms with Crippen molar-refractivity contribution >= 4 is 27.3 Å². The molecule has 140 valence electrons. The van der Waals surface area contributed by atoms with Crippen LogP contribution in [-0.4, -0.2) is 8.42 Å². The van der Waals surface area contributed by atoms with Crippen molar-refractivity contribution in [2.24, 2.45) is 0 Å². The Morgan fingerprint density at radius 3 is 1.93 bits per heavy atom. The van der Waals surface area contributed by atoms with Crippen LogP contribution in [-0.2, 0) is 16.6 Å². The third-order valence-corrected chi connectivity index (χ3v) is 6.55. The zero-order chi connectivity index (χ0) is 19.6. The first-order valence-electron chi connectivity index (χ1n) is 8.69. The maximum atomic E-state index is 13.5. The second-order valence-electron chi connectivity index (χ2n) is 6.69. The SMILES string of the molecule is Cc1ccc(S(=O)(=O)N(Cc2ccc(Cl)cc2)c2c(C)cccc2C)cc1. The van der Waals surface area contributed by atoms with Crippen LogP contribution in [0.25, 0.3) is 0 Å². The van der Waals surface area contributed by atoms with Gasteiger partial charge in [-0.3, -0.25) is 4.31 Å². The van der Waals surface area contributed by atoms with Crippen LogP contribution in [0.4, 0.5) is 5.69 Å². The van der Waals surface area contributed by atoms with Crippen molar-refractivity contribution in [2.75, 3.05) is 4.31 Å². The number of aryl methyl sites for hydroxylation is 3. The predicted octanol–water partition coefficient (Wildman–Crippen LogP) is 5.66. The highest BCUT2D eigenvalue weighted by Crippen LogP contribution is 2.32. The predicted molar refractivity (Wildman–Crippen MR) is 112 cm³/mol. The number of halogens is 1. The minimum atomic E-state index is -3.72. The molecule has 3 nitrogen and oxygen atoms in total. The van der Waals surface area contributed by atoms with Gasteiger partial charge in [0.2, 0.25) is 0 Å². The van der Waals surface area contributed by atoms with Gasteiger partial charge in [-0.25, -0.2) is 8.42 Å². The molecule has 0 amide bonds. The van der Waals surface area contributed by atoms with E-state index >= 15 is 0 Å². The van der Waals surface area contributed by atoms with E-state index < -0.39 is 10.0 Å². The molecule has 5 heteroatoms. The monoisotopic (exact) mass is 399 g/mol. The van der Waals surface area contributed by atoms with E-state index in [1.54, 1.807) is 24.3 Å². The molecule has 3 aromatic carbocycles. The molecule has 0 aliphatic carbocycles. The van der Waals surface area contributed by atoms with E-state index in [1.165, 1.54) is 4.31 Å². The lowest BCUT2D eigenvalue weighted by Crippen LogP contribution is -2.31. The fourth-order valence-electron chi connectivity index (χ4n) is 3.08. The third-order valence-electron chi connectivity index (χ3n) is 4.54. The lowest BCUT2D eigenvalue weighted by atomic mass is 10.1. The Kier molecular flexibility index (Phi) is 5.59. The highest BCUT2D eigenvalue weighted by atomic mass is 35.5. The van der Waals surface area contributed by atoms with Gasteiger partial charge in [0.25, 0.3) is 10.0 Å². The summed E-state index contributed by atoms with van der Waals surface area (Å²) < 4.78 is 28.5. The third kappa shape index (κ3) is 4.18. The van der Waals surface area contributed by atoms with Crippen molar-refractivity contribution in [1.82, 2.24) is 0 Å². The fraction of sp³-hybridized carbons (Fsp3) is 0.182. The van der Waals surface area contributed by atoms with Gasteiger partial charge in [0, 0.05) is 5.02 Å². The van der Waals surface area contributed by atoms with Crippen molar-refractivity contribution in [1.29, 1.82) is 0 Å². The summed E-state index contributed by atoms with van der Waals surface area (Å²) in [7, 11) is -3.72. The Labute approximate surface area is 166 Å². The first-order chi connectivity index (χ1) is 12.8. The van der Waals surface area contributed by atoms with E-state index in [0.29, 0.717) is 10.7 Å². The Balaban J connectivity index is 2.14. The lowest BCUT2D eigenvalue weighted by Gasteiger charge is -2.28. The minimum Gasteiger partial charge on any atom is -0.261 e. The van der Waals surface area contributed by atoms with E-state index in [1.807, 2.05) is 63.2 Å². The molecule has 3 rings (SSSR count). The van der Waals surface area contributed by atoms with Gasteiger partial charge < -0.3 is 0 Å². The molecule has 0 heterocycles. The molecular formula is C22H22ClNO2S. The zero-order valence-electron chi connectivity index (χ0n) is 15.6. The highest BCUT2D eigenvalue weighted by Gasteiger charge is 2.27. The number of hydrogen-bond donors (Lipinski definition) is 0. The van der Waals surface area contributed by atoms with Crippen LogP contribution >= 0.6 is 11.6 Å². The molecule has 0 saturated carbocycles. The van der Waals surface area contributed by atoms with Gasteiger partial charge in [-0.15, -0.1) is 0 Å². The maximum absolute atomic E-state index is 13.5. The van der Waals surface area contributed by atoms with Crippen LogP contribution in [0.1, 0.15) is 22.3 Å². The summed E-state index contributed by atoms with van der Waals surface area (Å²) in [6.45, 7) is 6.04. The first kappa shape index (κ1) is 19.5. The van der Waals surface area contributed by atoms with Crippen molar-refractivity contribution < 1.29 is 8.42 Å². The molecule has 0 aromatic heterocycles. The van der Waals surface area contributed by atoms with E-state index in [4.69, 9.17) is 11.6 Å². The molecule has 3 aromatic rings. The Hall–Kier alpha value is -2.30. The largest absolute Gasteiger partial charge is 0.264 e. The molecule has 0 saturated heterocycles. The van der Waals surface area contributed by atoms with Crippen LogP contribution < -0.4 is 4.31 Å². The van der Waals surface area contributed by atoms with Crippen LogP contribution in [0.2, 0.25) is 5.02 Å². The van der Waals surface area contributed by atoms with E-state index in [-0.39, 0.29) is 11.4 Å². The van der Waals surface area contributed by atoms with E-state index in [9.17, 15) is 8.42 Å². The summed E-state index contributed by atoms with van der Waals surface area (Å²) >= 11 is 5.98. The average Bonchev–Trinajstić information content (AvgIpc) is 2.62. The number of nitrogens with zero attached hydrogens (tertiary/aromatic N) is 1. The molecule has 0 aliphatic heterocycles. The molecule has 0 fully saturated rings. The molecule has 0 bridgehead atoms. The minimum absolute atomic E-state index is 0.235. The van der Waals surface area contributed by atoms with Crippen LogP contribution in [0.3, 0.4) is 0 Å². The fourth-order valence-corrected chi connectivity index (χ4v) is 4.78. The first-order valence-corrected chi connectivity index (χ1v) is 10.5. The number of para-hydroxylation sites is 1. The molecule has 0 radical (unpaired) electrons. The second-order valence-corrected chi connectivity index (χ2v) is 8.99. The van der Waals surface area contributed by atoms with Crippen molar-refractivity contribution in [2.45, 2.75) is 32.2 Å². The molecule has 0 N–H and O–H groups in total. The molecular weight excluding hydrogens is 378 g/mol. The Morgan fingerprint density at radius 2 is 1.37 bits per heavy atom. The van der Waals surface area contributed by atoms with Gasteiger partial charge in [-0.05, 0) is 61.7 Å². The van der Waals surface area contributed by atoms with Gasteiger partial charge in [0.05, 0.1) is 17.1 Å². The van der Waals surface area contributed by atoms with Gasteiger partial charge in [0.15, 0.2) is 0 Å². The summed E-state index contributed by atoms with van der Waals surface area (Å²) in [4.78, 5) is 0.282. The second kappa shape index (κ2) is 7.75. The van der Waals surface area contributed by atoms with Crippen molar-refractivity contribution in [3.63, 3.8) is 0 Å². The van der Waals surface area contributed by atoms with Gasteiger partial charge in [0.1, 0.15) is 0 Å². The van der Waals surface area contributed by atoms with Gasteiger partial charge in [-0.1, -0.05) is 59.6 Å². The molecule has 0 unspecified atom stereocenters. The molecule has 27 heavy (non-hydrogen) atoms. The summed E-state index contributed by atoms with van der Waals surface area (Å²) in [5.41, 5.74) is 4.44. The summed E-state index contributed by atoms with van der Waals surface area (Å²) in [5, 5.41) is 0.624. The maximum Gasteiger partial charge on any atom is 0.264 e. The van der Waals surface area contributed by atoms with Crippen molar-refractivity contribution in [3.05, 3.63) is 94.0 Å². The lowest BCUT2D eigenvalue weighted by molar-refractivity contribution is 0.590. The highest BCUT2D eigenvalue weighted by molar-refractivity contribution is 7.92. The quantitative estimate of drug-likeness (QED) is 0.555. The van der Waals surface area contributed by atoms with Crippen LogP contribution in [0, 0.1) is 20.8 Å². The number of anilines is 1. The zero-order valence-corrected chi connectivity index (χ0v) is 17.2. The number of rotatable bonds is 5. The van der Waals surface area contributed by atoms with Gasteiger partial charge in [-0.2, -0.15) is 0 Å². The molecule has 0 atom stereocenters. The Bertz CT molecular complexity index is 1020. The number of benzene rings is 3. The number of sulfonamides is 1. The molecule has 0 aliphatic rings. The van der Waals surface area contributed by atoms with Crippen molar-refractivity contribution in [3.8, 4) is 0 Å². The molecule has 0 spiro atoms. The number of hydrogen-bond acceptors (Lipinski definition) is 2. The van der Waals surface area contributed by atoms with E-state index in [0.717, 1.165) is 22.3 Å². The standard InChI is InChI=1S/C22H22ClNO2S/c1-16-7-13-21(14-8-16)27(25,26)24(15-19-9-11-20(23)12-10-19)22-17(2)5-4-6-18(22)3/h4-14H,15H2,1-3H3. The topological polar surface area (TPSA) is 37.4 Å². The summed E-state index contributed by atoms with van der Waals surface area (Å²) in [6, 6.07) is 20.0. The summed E-state index contributed by atoms with van der Waals surface area (Å²) in [5.74, 6) is 0. The van der Waals surface area contributed by atoms with E-state index in [2.05, 4.69) is 0 Å². The normalized spacial score (nSPS) is 11.4. The Morgan fingerprint density at radius 1 is 0.815 bits per heavy atom. The van der Waals surface area contributed by atoms with Crippen LogP contribution in [0.15, 0.2) is 71.6 Å². The average molecular weight is 400 g/mol.